The molecule has 1 unspecified atom stereocenters. The lowest BCUT2D eigenvalue weighted by Gasteiger charge is -2.14. The van der Waals surface area contributed by atoms with Gasteiger partial charge in [-0.3, -0.25) is 4.79 Å². The molecule has 1 aromatic heterocycles. The monoisotopic (exact) mass is 350 g/mol. The Morgan fingerprint density at radius 2 is 1.96 bits per heavy atom. The first-order valence-electron chi connectivity index (χ1n) is 7.63. The van der Waals surface area contributed by atoms with E-state index in [2.05, 4.69) is 10.0 Å². The van der Waals surface area contributed by atoms with Crippen LogP contribution in [0, 0.1) is 13.8 Å². The lowest BCUT2D eigenvalue weighted by atomic mass is 10.1. The van der Waals surface area contributed by atoms with E-state index in [0.29, 0.717) is 11.3 Å². The Hall–Kier alpha value is -2.12. The smallest absolute Gasteiger partial charge is 0.238 e. The van der Waals surface area contributed by atoms with E-state index in [-0.39, 0.29) is 12.3 Å². The van der Waals surface area contributed by atoms with Crippen LogP contribution in [0.4, 0.5) is 0 Å². The predicted molar refractivity (Wildman–Crippen MR) is 91.7 cm³/mol. The van der Waals surface area contributed by atoms with Gasteiger partial charge < -0.3 is 9.73 Å². The Bertz CT molecular complexity index is 798. The van der Waals surface area contributed by atoms with Crippen molar-refractivity contribution in [3.8, 4) is 0 Å². The Morgan fingerprint density at radius 3 is 2.58 bits per heavy atom. The molecule has 0 aliphatic rings. The predicted octanol–water partition coefficient (Wildman–Crippen LogP) is 2.02. The van der Waals surface area contributed by atoms with Crippen molar-refractivity contribution in [3.05, 3.63) is 59.0 Å². The van der Waals surface area contributed by atoms with E-state index < -0.39 is 22.0 Å². The van der Waals surface area contributed by atoms with Crippen LogP contribution in [0.2, 0.25) is 0 Å². The molecule has 2 N–H and O–H groups in total. The summed E-state index contributed by atoms with van der Waals surface area (Å²) in [6.45, 7) is 5.63. The number of rotatable bonds is 7. The number of furan rings is 1. The molecule has 1 atom stereocenters. The third-order valence-electron chi connectivity index (χ3n) is 3.69. The van der Waals surface area contributed by atoms with Gasteiger partial charge in [-0.25, -0.2) is 13.1 Å². The average molecular weight is 350 g/mol. The average Bonchev–Trinajstić information content (AvgIpc) is 3.01. The zero-order valence-corrected chi connectivity index (χ0v) is 14.8. The number of nitrogens with one attached hydrogen (secondary N) is 2. The van der Waals surface area contributed by atoms with E-state index in [1.807, 2.05) is 26.0 Å². The van der Waals surface area contributed by atoms with E-state index in [1.165, 1.54) is 13.2 Å². The molecule has 0 saturated carbocycles. The van der Waals surface area contributed by atoms with Crippen LogP contribution in [-0.4, -0.2) is 20.4 Å². The van der Waals surface area contributed by atoms with Crippen molar-refractivity contribution < 1.29 is 17.6 Å². The highest BCUT2D eigenvalue weighted by molar-refractivity contribution is 7.88. The van der Waals surface area contributed by atoms with Gasteiger partial charge in [0, 0.05) is 0 Å². The first-order chi connectivity index (χ1) is 11.3. The minimum Gasteiger partial charge on any atom is -0.467 e. The van der Waals surface area contributed by atoms with Gasteiger partial charge in [-0.05, 0) is 49.6 Å². The summed E-state index contributed by atoms with van der Waals surface area (Å²) in [6.07, 6.45) is 1.51. The highest BCUT2D eigenvalue weighted by Crippen LogP contribution is 2.12. The van der Waals surface area contributed by atoms with Crippen molar-refractivity contribution in [2.45, 2.75) is 39.1 Å². The van der Waals surface area contributed by atoms with E-state index in [4.69, 9.17) is 4.42 Å². The van der Waals surface area contributed by atoms with Crippen molar-refractivity contribution in [3.63, 3.8) is 0 Å². The minimum atomic E-state index is -3.61. The lowest BCUT2D eigenvalue weighted by Crippen LogP contribution is -2.44. The van der Waals surface area contributed by atoms with Crippen LogP contribution in [0.5, 0.6) is 0 Å². The molecule has 1 amide bonds. The van der Waals surface area contributed by atoms with Crippen molar-refractivity contribution in [1.29, 1.82) is 0 Å². The maximum atomic E-state index is 12.2. The second-order valence-corrected chi connectivity index (χ2v) is 7.57. The Labute approximate surface area is 142 Å². The summed E-state index contributed by atoms with van der Waals surface area (Å²) in [4.78, 5) is 12.0. The number of amides is 1. The second kappa shape index (κ2) is 7.63. The fourth-order valence-corrected chi connectivity index (χ4v) is 3.57. The maximum absolute atomic E-state index is 12.2. The number of sulfonamides is 1. The van der Waals surface area contributed by atoms with Crippen LogP contribution in [-0.2, 0) is 27.1 Å². The third-order valence-corrected chi connectivity index (χ3v) is 5.12. The molecule has 0 aliphatic carbocycles. The molecule has 1 heterocycles. The molecule has 130 valence electrons. The third kappa shape index (κ3) is 5.21. The van der Waals surface area contributed by atoms with Crippen LogP contribution >= 0.6 is 0 Å². The molecule has 0 aliphatic heterocycles. The fourth-order valence-electron chi connectivity index (χ4n) is 2.22. The standard InChI is InChI=1S/C17H22N2O4S/c1-12-6-7-15(9-13(12)2)11-24(21,22)19-14(3)17(20)18-10-16-5-4-8-23-16/h4-9,14,19H,10-11H2,1-3H3,(H,18,20). The zero-order valence-electron chi connectivity index (χ0n) is 14.0. The summed E-state index contributed by atoms with van der Waals surface area (Å²) in [5, 5.41) is 2.63. The summed E-state index contributed by atoms with van der Waals surface area (Å²) in [6, 6.07) is 8.10. The first kappa shape index (κ1) is 18.2. The Kier molecular flexibility index (Phi) is 5.80. The highest BCUT2D eigenvalue weighted by Gasteiger charge is 2.20. The van der Waals surface area contributed by atoms with E-state index in [1.54, 1.807) is 18.2 Å². The summed E-state index contributed by atoms with van der Waals surface area (Å²) < 4.78 is 32.0. The van der Waals surface area contributed by atoms with Crippen molar-refractivity contribution in [2.24, 2.45) is 0 Å². The first-order valence-corrected chi connectivity index (χ1v) is 9.28. The molecule has 2 aromatic rings. The molecule has 0 fully saturated rings. The second-order valence-electron chi connectivity index (χ2n) is 5.81. The van der Waals surface area contributed by atoms with Gasteiger partial charge in [-0.1, -0.05) is 18.2 Å². The molecule has 24 heavy (non-hydrogen) atoms. The Balaban J connectivity index is 1.92. The van der Waals surface area contributed by atoms with Crippen molar-refractivity contribution in [2.75, 3.05) is 0 Å². The van der Waals surface area contributed by atoms with E-state index in [0.717, 1.165) is 11.1 Å². The molecule has 0 bridgehead atoms. The molecular weight excluding hydrogens is 328 g/mol. The summed E-state index contributed by atoms with van der Waals surface area (Å²) in [5.74, 6) is 0.0350. The molecule has 2 rings (SSSR count). The van der Waals surface area contributed by atoms with Gasteiger partial charge in [0.1, 0.15) is 5.76 Å². The molecular formula is C17H22N2O4S. The van der Waals surface area contributed by atoms with Crippen LogP contribution < -0.4 is 10.0 Å². The molecule has 0 saturated heterocycles. The van der Waals surface area contributed by atoms with Gasteiger partial charge in [0.05, 0.1) is 24.6 Å². The van der Waals surface area contributed by atoms with Gasteiger partial charge in [-0.2, -0.15) is 0 Å². The molecule has 0 radical (unpaired) electrons. The normalized spacial score (nSPS) is 12.8. The van der Waals surface area contributed by atoms with Gasteiger partial charge in [-0.15, -0.1) is 0 Å². The molecule has 6 nitrogen and oxygen atoms in total. The molecule has 7 heteroatoms. The lowest BCUT2D eigenvalue weighted by molar-refractivity contribution is -0.122. The zero-order chi connectivity index (χ0) is 17.7. The van der Waals surface area contributed by atoms with Crippen molar-refractivity contribution in [1.82, 2.24) is 10.0 Å². The van der Waals surface area contributed by atoms with Gasteiger partial charge >= 0.3 is 0 Å². The molecule has 1 aromatic carbocycles. The number of aryl methyl sites for hydroxylation is 2. The fraction of sp³-hybridized carbons (Fsp3) is 0.353. The number of hydrogen-bond acceptors (Lipinski definition) is 4. The van der Waals surface area contributed by atoms with Crippen molar-refractivity contribution >= 4 is 15.9 Å². The van der Waals surface area contributed by atoms with Crippen LogP contribution in [0.25, 0.3) is 0 Å². The summed E-state index contributed by atoms with van der Waals surface area (Å²) in [5.41, 5.74) is 2.83. The van der Waals surface area contributed by atoms with Crippen LogP contribution in [0.15, 0.2) is 41.0 Å². The van der Waals surface area contributed by atoms with E-state index >= 15 is 0 Å². The number of benzene rings is 1. The topological polar surface area (TPSA) is 88.4 Å². The highest BCUT2D eigenvalue weighted by atomic mass is 32.2. The summed E-state index contributed by atoms with van der Waals surface area (Å²) >= 11 is 0. The number of carbonyl (C=O) groups is 1. The molecule has 0 spiro atoms. The van der Waals surface area contributed by atoms with Gasteiger partial charge in [0.2, 0.25) is 15.9 Å². The van der Waals surface area contributed by atoms with E-state index in [9.17, 15) is 13.2 Å². The Morgan fingerprint density at radius 1 is 1.21 bits per heavy atom. The number of hydrogen-bond donors (Lipinski definition) is 2. The number of carbonyl (C=O) groups excluding carboxylic acids is 1. The van der Waals surface area contributed by atoms with Gasteiger partial charge in [0.25, 0.3) is 0 Å². The minimum absolute atomic E-state index is 0.163. The SMILES string of the molecule is Cc1ccc(CS(=O)(=O)NC(C)C(=O)NCc2ccco2)cc1C. The van der Waals surface area contributed by atoms with Crippen LogP contribution in [0.1, 0.15) is 29.4 Å². The quantitative estimate of drug-likeness (QED) is 0.800. The van der Waals surface area contributed by atoms with Gasteiger partial charge in [0.15, 0.2) is 0 Å². The van der Waals surface area contributed by atoms with Crippen LogP contribution in [0.3, 0.4) is 0 Å². The summed E-state index contributed by atoms with van der Waals surface area (Å²) in [7, 11) is -3.61. The maximum Gasteiger partial charge on any atom is 0.238 e. The largest absolute Gasteiger partial charge is 0.467 e.